The summed E-state index contributed by atoms with van der Waals surface area (Å²) >= 11 is 0. The first kappa shape index (κ1) is 17.8. The van der Waals surface area contributed by atoms with Crippen LogP contribution in [0.25, 0.3) is 22.6 Å². The highest BCUT2D eigenvalue weighted by Crippen LogP contribution is 2.29. The topological polar surface area (TPSA) is 87.3 Å². The fraction of sp³-hybridized carbons (Fsp3) is 0.158. The number of hydrogen-bond acceptors (Lipinski definition) is 5. The van der Waals surface area contributed by atoms with E-state index in [1.54, 1.807) is 12.1 Å². The Labute approximate surface area is 156 Å². The number of nitrogens with zero attached hydrogens (tertiary/aromatic N) is 3. The molecular formula is C19H13F2N3O4. The van der Waals surface area contributed by atoms with Gasteiger partial charge in [-0.2, -0.15) is 8.78 Å². The van der Waals surface area contributed by atoms with Crippen LogP contribution in [0, 0.1) is 10.1 Å². The summed E-state index contributed by atoms with van der Waals surface area (Å²) in [5.74, 6) is 0.560. The number of alkyl halides is 2. The second-order valence-corrected chi connectivity index (χ2v) is 6.22. The first-order valence-corrected chi connectivity index (χ1v) is 8.37. The number of nitro benzene ring substituents is 1. The summed E-state index contributed by atoms with van der Waals surface area (Å²) in [4.78, 5) is 27.6. The van der Waals surface area contributed by atoms with E-state index in [1.807, 2.05) is 6.08 Å². The van der Waals surface area contributed by atoms with Crippen LogP contribution in [0.3, 0.4) is 0 Å². The highest BCUT2D eigenvalue weighted by Gasteiger charge is 2.22. The summed E-state index contributed by atoms with van der Waals surface area (Å²) in [5.41, 5.74) is 1.47. The Bertz CT molecular complexity index is 1170. The van der Waals surface area contributed by atoms with E-state index in [-0.39, 0.29) is 22.4 Å². The Morgan fingerprint density at radius 3 is 2.64 bits per heavy atom. The second-order valence-electron chi connectivity index (χ2n) is 6.22. The summed E-state index contributed by atoms with van der Waals surface area (Å²) in [5, 5.41) is 11.1. The standard InChI is InChI=1S/C19H13F2N3O4/c20-19(21)28-14-4-1-11(2-5-14)9-12-7-8-23-17(12)22-16-6-3-13(24(26)27)10-15(16)18(23)25/h1-6,9-10,19H,7-8H2/b12-9-. The van der Waals surface area contributed by atoms with E-state index in [0.29, 0.717) is 24.3 Å². The monoisotopic (exact) mass is 385 g/mol. The van der Waals surface area contributed by atoms with Crippen molar-refractivity contribution in [3.05, 3.63) is 74.3 Å². The minimum Gasteiger partial charge on any atom is -0.435 e. The summed E-state index contributed by atoms with van der Waals surface area (Å²) < 4.78 is 30.3. The smallest absolute Gasteiger partial charge is 0.387 e. The predicted octanol–water partition coefficient (Wildman–Crippen LogP) is 3.85. The summed E-state index contributed by atoms with van der Waals surface area (Å²) in [6.07, 6.45) is 2.39. The van der Waals surface area contributed by atoms with Crippen LogP contribution in [-0.4, -0.2) is 21.1 Å². The van der Waals surface area contributed by atoms with E-state index >= 15 is 0 Å². The van der Waals surface area contributed by atoms with Gasteiger partial charge in [-0.15, -0.1) is 0 Å². The highest BCUT2D eigenvalue weighted by atomic mass is 19.3. The second kappa shape index (κ2) is 6.84. The summed E-state index contributed by atoms with van der Waals surface area (Å²) in [6.45, 7) is -2.47. The van der Waals surface area contributed by atoms with Gasteiger partial charge in [-0.3, -0.25) is 19.5 Å². The molecule has 4 rings (SSSR count). The van der Waals surface area contributed by atoms with Gasteiger partial charge in [0, 0.05) is 18.7 Å². The van der Waals surface area contributed by atoms with Crippen LogP contribution >= 0.6 is 0 Å². The van der Waals surface area contributed by atoms with Gasteiger partial charge in [0.25, 0.3) is 11.2 Å². The Balaban J connectivity index is 1.73. The van der Waals surface area contributed by atoms with Gasteiger partial charge in [-0.05, 0) is 41.8 Å². The predicted molar refractivity (Wildman–Crippen MR) is 98.2 cm³/mol. The van der Waals surface area contributed by atoms with Gasteiger partial charge in [-0.1, -0.05) is 12.1 Å². The quantitative estimate of drug-likeness (QED) is 0.503. The molecular weight excluding hydrogens is 372 g/mol. The van der Waals surface area contributed by atoms with Gasteiger partial charge >= 0.3 is 6.61 Å². The average molecular weight is 385 g/mol. The SMILES string of the molecule is O=c1c2cc([N+](=O)[O-])ccc2nc2n1CC/C2=C/c1ccc(OC(F)F)cc1. The van der Waals surface area contributed by atoms with Gasteiger partial charge in [0.2, 0.25) is 0 Å². The molecule has 2 heterocycles. The van der Waals surface area contributed by atoms with Gasteiger partial charge in [0.1, 0.15) is 11.6 Å². The Morgan fingerprint density at radius 1 is 1.21 bits per heavy atom. The van der Waals surface area contributed by atoms with Crippen LogP contribution in [-0.2, 0) is 6.54 Å². The lowest BCUT2D eigenvalue weighted by molar-refractivity contribution is -0.384. The van der Waals surface area contributed by atoms with Crippen LogP contribution in [0.2, 0.25) is 0 Å². The molecule has 2 aromatic carbocycles. The molecule has 9 heteroatoms. The van der Waals surface area contributed by atoms with Crippen molar-refractivity contribution in [2.24, 2.45) is 0 Å². The van der Waals surface area contributed by atoms with Crippen molar-refractivity contribution >= 4 is 28.2 Å². The number of fused-ring (bicyclic) bond motifs is 2. The fourth-order valence-electron chi connectivity index (χ4n) is 3.20. The Kier molecular flexibility index (Phi) is 4.34. The van der Waals surface area contributed by atoms with Crippen molar-refractivity contribution in [3.8, 4) is 5.75 Å². The molecule has 1 aliphatic rings. The zero-order valence-electron chi connectivity index (χ0n) is 14.3. The number of benzene rings is 2. The lowest BCUT2D eigenvalue weighted by Crippen LogP contribution is -2.20. The fourth-order valence-corrected chi connectivity index (χ4v) is 3.20. The van der Waals surface area contributed by atoms with Crippen molar-refractivity contribution in [1.29, 1.82) is 0 Å². The van der Waals surface area contributed by atoms with E-state index in [4.69, 9.17) is 0 Å². The summed E-state index contributed by atoms with van der Waals surface area (Å²) in [6, 6.07) is 10.2. The number of halogens is 2. The minimum absolute atomic E-state index is 0.0610. The van der Waals surface area contributed by atoms with E-state index in [1.165, 1.54) is 34.9 Å². The number of nitro groups is 1. The molecule has 0 bridgehead atoms. The zero-order chi connectivity index (χ0) is 19.8. The maximum Gasteiger partial charge on any atom is 0.387 e. The molecule has 0 aliphatic carbocycles. The third kappa shape index (κ3) is 3.22. The molecule has 3 aromatic rings. The van der Waals surface area contributed by atoms with E-state index < -0.39 is 11.5 Å². The van der Waals surface area contributed by atoms with E-state index in [2.05, 4.69) is 9.72 Å². The van der Waals surface area contributed by atoms with E-state index in [9.17, 15) is 23.7 Å². The first-order chi connectivity index (χ1) is 13.4. The van der Waals surface area contributed by atoms with E-state index in [0.717, 1.165) is 11.1 Å². The van der Waals surface area contributed by atoms with Crippen LogP contribution in [0.4, 0.5) is 14.5 Å². The number of aromatic nitrogens is 2. The third-order valence-electron chi connectivity index (χ3n) is 4.49. The molecule has 0 atom stereocenters. The molecule has 0 fully saturated rings. The lowest BCUT2D eigenvalue weighted by atomic mass is 10.1. The average Bonchev–Trinajstić information content (AvgIpc) is 3.06. The number of hydrogen-bond donors (Lipinski definition) is 0. The van der Waals surface area contributed by atoms with Crippen molar-refractivity contribution in [2.75, 3.05) is 0 Å². The molecule has 0 N–H and O–H groups in total. The van der Waals surface area contributed by atoms with Crippen LogP contribution in [0.1, 0.15) is 17.8 Å². The van der Waals surface area contributed by atoms with Crippen LogP contribution in [0.15, 0.2) is 47.3 Å². The van der Waals surface area contributed by atoms with Crippen LogP contribution in [0.5, 0.6) is 5.75 Å². The number of rotatable bonds is 4. The molecule has 1 aromatic heterocycles. The van der Waals surface area contributed by atoms with Crippen molar-refractivity contribution in [3.63, 3.8) is 0 Å². The third-order valence-corrected chi connectivity index (χ3v) is 4.49. The normalized spacial score (nSPS) is 14.6. The van der Waals surface area contributed by atoms with Crippen LogP contribution < -0.4 is 10.3 Å². The van der Waals surface area contributed by atoms with Crippen molar-refractivity contribution < 1.29 is 18.4 Å². The van der Waals surface area contributed by atoms with Gasteiger partial charge in [0.05, 0.1) is 15.8 Å². The Hall–Kier alpha value is -3.62. The Morgan fingerprint density at radius 2 is 1.96 bits per heavy atom. The van der Waals surface area contributed by atoms with Crippen molar-refractivity contribution in [1.82, 2.24) is 9.55 Å². The van der Waals surface area contributed by atoms with Gasteiger partial charge < -0.3 is 4.74 Å². The van der Waals surface area contributed by atoms with Gasteiger partial charge in [0.15, 0.2) is 0 Å². The highest BCUT2D eigenvalue weighted by molar-refractivity contribution is 5.85. The maximum absolute atomic E-state index is 12.7. The molecule has 0 saturated heterocycles. The molecule has 0 unspecified atom stereocenters. The minimum atomic E-state index is -2.88. The lowest BCUT2D eigenvalue weighted by Gasteiger charge is -2.06. The van der Waals surface area contributed by atoms with Gasteiger partial charge in [-0.25, -0.2) is 4.98 Å². The largest absolute Gasteiger partial charge is 0.435 e. The molecule has 0 radical (unpaired) electrons. The molecule has 0 amide bonds. The molecule has 0 saturated carbocycles. The molecule has 7 nitrogen and oxygen atoms in total. The number of ether oxygens (including phenoxy) is 1. The zero-order valence-corrected chi connectivity index (χ0v) is 14.3. The molecule has 142 valence electrons. The molecule has 1 aliphatic heterocycles. The van der Waals surface area contributed by atoms with Crippen molar-refractivity contribution in [2.45, 2.75) is 19.6 Å². The summed E-state index contributed by atoms with van der Waals surface area (Å²) in [7, 11) is 0. The maximum atomic E-state index is 12.7. The number of non-ortho nitro benzene ring substituents is 1. The molecule has 0 spiro atoms. The molecule has 28 heavy (non-hydrogen) atoms. The number of allylic oxidation sites excluding steroid dienone is 1. The first-order valence-electron chi connectivity index (χ1n) is 8.37.